The Bertz CT molecular complexity index is 765. The van der Waals surface area contributed by atoms with Gasteiger partial charge in [-0.3, -0.25) is 4.79 Å². The summed E-state index contributed by atoms with van der Waals surface area (Å²) in [6.45, 7) is 6.55. The summed E-state index contributed by atoms with van der Waals surface area (Å²) in [5, 5.41) is 3.09. The van der Waals surface area contributed by atoms with Crippen LogP contribution in [0.3, 0.4) is 0 Å². The SMILES string of the molecule is CCOc1ccc(C2(CNC(=O)C(N)c3ccc(C)cc3)CCOCC2)cc1. The molecular weight excluding hydrogens is 352 g/mol. The van der Waals surface area contributed by atoms with Gasteiger partial charge in [0.2, 0.25) is 5.91 Å². The van der Waals surface area contributed by atoms with Crippen LogP contribution in [0.2, 0.25) is 0 Å². The minimum Gasteiger partial charge on any atom is -0.494 e. The van der Waals surface area contributed by atoms with Crippen LogP contribution in [0.25, 0.3) is 0 Å². The van der Waals surface area contributed by atoms with Crippen molar-refractivity contribution in [3.8, 4) is 5.75 Å². The zero-order chi connectivity index (χ0) is 20.0. The number of hydrogen-bond acceptors (Lipinski definition) is 4. The second-order valence-corrected chi connectivity index (χ2v) is 7.46. The van der Waals surface area contributed by atoms with Gasteiger partial charge in [0.15, 0.2) is 0 Å². The molecule has 1 heterocycles. The molecule has 1 aliphatic heterocycles. The van der Waals surface area contributed by atoms with E-state index in [4.69, 9.17) is 15.2 Å². The number of aryl methyl sites for hydroxylation is 1. The first-order valence-electron chi connectivity index (χ1n) is 9.95. The molecule has 1 aliphatic rings. The average Bonchev–Trinajstić information content (AvgIpc) is 2.73. The Kier molecular flexibility index (Phi) is 6.70. The molecule has 0 aliphatic carbocycles. The number of benzene rings is 2. The van der Waals surface area contributed by atoms with Gasteiger partial charge in [-0.05, 0) is 49.9 Å². The molecule has 1 unspecified atom stereocenters. The summed E-state index contributed by atoms with van der Waals surface area (Å²) in [6.07, 6.45) is 1.72. The van der Waals surface area contributed by atoms with Gasteiger partial charge in [-0.25, -0.2) is 0 Å². The highest BCUT2D eigenvalue weighted by molar-refractivity contribution is 5.83. The van der Waals surface area contributed by atoms with E-state index in [1.54, 1.807) is 0 Å². The Balaban J connectivity index is 1.71. The number of hydrogen-bond donors (Lipinski definition) is 2. The normalized spacial score (nSPS) is 17.0. The van der Waals surface area contributed by atoms with E-state index in [-0.39, 0.29) is 11.3 Å². The highest BCUT2D eigenvalue weighted by Gasteiger charge is 2.35. The third-order valence-electron chi connectivity index (χ3n) is 5.55. The third-order valence-corrected chi connectivity index (χ3v) is 5.55. The van der Waals surface area contributed by atoms with E-state index < -0.39 is 6.04 Å². The summed E-state index contributed by atoms with van der Waals surface area (Å²) in [5.74, 6) is 0.708. The van der Waals surface area contributed by atoms with Crippen LogP contribution in [0.15, 0.2) is 48.5 Å². The van der Waals surface area contributed by atoms with E-state index in [1.807, 2.05) is 50.2 Å². The predicted molar refractivity (Wildman–Crippen MR) is 110 cm³/mol. The highest BCUT2D eigenvalue weighted by Crippen LogP contribution is 2.35. The molecule has 0 bridgehead atoms. The number of nitrogens with two attached hydrogens (primary N) is 1. The molecule has 3 rings (SSSR count). The molecule has 0 spiro atoms. The van der Waals surface area contributed by atoms with Crippen LogP contribution in [0.5, 0.6) is 5.75 Å². The average molecular weight is 383 g/mol. The molecule has 1 saturated heterocycles. The fourth-order valence-corrected chi connectivity index (χ4v) is 3.69. The van der Waals surface area contributed by atoms with Crippen molar-refractivity contribution in [3.63, 3.8) is 0 Å². The van der Waals surface area contributed by atoms with Crippen LogP contribution in [-0.4, -0.2) is 32.3 Å². The van der Waals surface area contributed by atoms with E-state index in [2.05, 4.69) is 17.4 Å². The fourth-order valence-electron chi connectivity index (χ4n) is 3.69. The van der Waals surface area contributed by atoms with E-state index in [9.17, 15) is 4.79 Å². The van der Waals surface area contributed by atoms with Crippen LogP contribution < -0.4 is 15.8 Å². The molecule has 5 heteroatoms. The van der Waals surface area contributed by atoms with Gasteiger partial charge in [0.25, 0.3) is 0 Å². The van der Waals surface area contributed by atoms with Crippen molar-refractivity contribution in [1.29, 1.82) is 0 Å². The van der Waals surface area contributed by atoms with Gasteiger partial charge < -0.3 is 20.5 Å². The number of rotatable bonds is 7. The molecule has 2 aromatic rings. The second kappa shape index (κ2) is 9.22. The van der Waals surface area contributed by atoms with Gasteiger partial charge in [0, 0.05) is 25.2 Å². The maximum absolute atomic E-state index is 12.7. The topological polar surface area (TPSA) is 73.6 Å². The fraction of sp³-hybridized carbons (Fsp3) is 0.435. The summed E-state index contributed by atoms with van der Waals surface area (Å²) >= 11 is 0. The smallest absolute Gasteiger partial charge is 0.241 e. The number of nitrogens with one attached hydrogen (secondary N) is 1. The summed E-state index contributed by atoms with van der Waals surface area (Å²) < 4.78 is 11.1. The Morgan fingerprint density at radius 3 is 2.39 bits per heavy atom. The molecular formula is C23H30N2O3. The monoisotopic (exact) mass is 382 g/mol. The predicted octanol–water partition coefficient (Wildman–Crippen LogP) is 3.26. The van der Waals surface area contributed by atoms with Crippen LogP contribution >= 0.6 is 0 Å². The van der Waals surface area contributed by atoms with Crippen molar-refractivity contribution >= 4 is 5.91 Å². The Hall–Kier alpha value is -2.37. The number of amides is 1. The lowest BCUT2D eigenvalue weighted by atomic mass is 9.74. The van der Waals surface area contributed by atoms with Crippen molar-refractivity contribution in [3.05, 3.63) is 65.2 Å². The van der Waals surface area contributed by atoms with Crippen molar-refractivity contribution in [1.82, 2.24) is 5.32 Å². The first kappa shape index (κ1) is 20.4. The summed E-state index contributed by atoms with van der Waals surface area (Å²) in [4.78, 5) is 12.7. The third kappa shape index (κ3) is 4.72. The van der Waals surface area contributed by atoms with E-state index >= 15 is 0 Å². The van der Waals surface area contributed by atoms with Gasteiger partial charge in [-0.1, -0.05) is 42.0 Å². The van der Waals surface area contributed by atoms with Crippen LogP contribution in [-0.2, 0) is 14.9 Å². The molecule has 3 N–H and O–H groups in total. The Morgan fingerprint density at radius 2 is 1.79 bits per heavy atom. The Morgan fingerprint density at radius 1 is 1.14 bits per heavy atom. The second-order valence-electron chi connectivity index (χ2n) is 7.46. The summed E-state index contributed by atoms with van der Waals surface area (Å²) in [6, 6.07) is 15.3. The van der Waals surface area contributed by atoms with Gasteiger partial charge >= 0.3 is 0 Å². The van der Waals surface area contributed by atoms with Crippen LogP contribution in [0.4, 0.5) is 0 Å². The minimum atomic E-state index is -0.669. The molecule has 0 aromatic heterocycles. The first-order valence-corrected chi connectivity index (χ1v) is 9.95. The van der Waals surface area contributed by atoms with E-state index in [1.165, 1.54) is 5.56 Å². The number of carbonyl (C=O) groups excluding carboxylic acids is 1. The lowest BCUT2D eigenvalue weighted by Crippen LogP contribution is -2.46. The number of ether oxygens (including phenoxy) is 2. The molecule has 0 radical (unpaired) electrons. The molecule has 5 nitrogen and oxygen atoms in total. The zero-order valence-corrected chi connectivity index (χ0v) is 16.7. The number of carbonyl (C=O) groups is 1. The van der Waals surface area contributed by atoms with Crippen LogP contribution in [0.1, 0.15) is 42.5 Å². The lowest BCUT2D eigenvalue weighted by Gasteiger charge is -2.38. The molecule has 150 valence electrons. The largest absolute Gasteiger partial charge is 0.494 e. The quantitative estimate of drug-likeness (QED) is 0.771. The maximum Gasteiger partial charge on any atom is 0.241 e. The molecule has 2 aromatic carbocycles. The first-order chi connectivity index (χ1) is 13.5. The zero-order valence-electron chi connectivity index (χ0n) is 16.7. The Labute approximate surface area is 167 Å². The van der Waals surface area contributed by atoms with Gasteiger partial charge in [-0.2, -0.15) is 0 Å². The summed E-state index contributed by atoms with van der Waals surface area (Å²) in [7, 11) is 0. The van der Waals surface area contributed by atoms with Gasteiger partial charge in [-0.15, -0.1) is 0 Å². The maximum atomic E-state index is 12.7. The molecule has 1 atom stereocenters. The van der Waals surface area contributed by atoms with Crippen molar-refractivity contribution in [2.24, 2.45) is 5.73 Å². The minimum absolute atomic E-state index is 0.147. The van der Waals surface area contributed by atoms with E-state index in [0.29, 0.717) is 26.4 Å². The van der Waals surface area contributed by atoms with Crippen molar-refractivity contribution in [2.45, 2.75) is 38.1 Å². The van der Waals surface area contributed by atoms with Crippen molar-refractivity contribution < 1.29 is 14.3 Å². The van der Waals surface area contributed by atoms with Gasteiger partial charge in [0.1, 0.15) is 11.8 Å². The molecule has 0 saturated carbocycles. The lowest BCUT2D eigenvalue weighted by molar-refractivity contribution is -0.123. The van der Waals surface area contributed by atoms with Crippen LogP contribution in [0, 0.1) is 6.92 Å². The van der Waals surface area contributed by atoms with Gasteiger partial charge in [0.05, 0.1) is 6.61 Å². The molecule has 1 amide bonds. The van der Waals surface area contributed by atoms with Crippen molar-refractivity contribution in [2.75, 3.05) is 26.4 Å². The molecule has 1 fully saturated rings. The standard InChI is InChI=1S/C23H30N2O3/c1-3-28-20-10-8-19(9-11-20)23(12-14-27-15-13-23)16-25-22(26)21(24)18-6-4-17(2)5-7-18/h4-11,21H,3,12-16,24H2,1-2H3,(H,25,26). The molecule has 28 heavy (non-hydrogen) atoms. The summed E-state index contributed by atoms with van der Waals surface area (Å²) in [5.41, 5.74) is 9.21. The van der Waals surface area contributed by atoms with E-state index in [0.717, 1.165) is 29.7 Å². The highest BCUT2D eigenvalue weighted by atomic mass is 16.5.